The van der Waals surface area contributed by atoms with E-state index in [1.807, 2.05) is 24.3 Å². The Morgan fingerprint density at radius 3 is 2.74 bits per heavy atom. The molecular formula is C14H15ClN2O2. The van der Waals surface area contributed by atoms with Gasteiger partial charge in [-0.05, 0) is 31.9 Å². The molecular weight excluding hydrogens is 264 g/mol. The zero-order valence-corrected chi connectivity index (χ0v) is 11.6. The molecule has 0 saturated heterocycles. The van der Waals surface area contributed by atoms with Crippen LogP contribution < -0.4 is 5.32 Å². The number of nitrogens with zero attached hydrogens (tertiary/aromatic N) is 1. The Morgan fingerprint density at radius 2 is 2.11 bits per heavy atom. The summed E-state index contributed by atoms with van der Waals surface area (Å²) in [6, 6.07) is 7.53. The number of anilines is 1. The lowest BCUT2D eigenvalue weighted by Gasteiger charge is -2.05. The number of amides is 1. The Labute approximate surface area is 116 Å². The molecule has 0 bridgehead atoms. The summed E-state index contributed by atoms with van der Waals surface area (Å²) in [5, 5.41) is 7.29. The molecule has 0 aliphatic heterocycles. The fourth-order valence-electron chi connectivity index (χ4n) is 1.81. The molecule has 1 aromatic carbocycles. The van der Waals surface area contributed by atoms with E-state index in [2.05, 4.69) is 10.5 Å². The Bertz CT molecular complexity index is 573. The number of aromatic nitrogens is 1. The van der Waals surface area contributed by atoms with Gasteiger partial charge in [-0.15, -0.1) is 0 Å². The number of rotatable bonds is 4. The van der Waals surface area contributed by atoms with Crippen LogP contribution in [0.25, 0.3) is 0 Å². The van der Waals surface area contributed by atoms with Gasteiger partial charge >= 0.3 is 0 Å². The van der Waals surface area contributed by atoms with Crippen molar-refractivity contribution in [3.63, 3.8) is 0 Å². The Balaban J connectivity index is 1.94. The fourth-order valence-corrected chi connectivity index (χ4v) is 2.04. The maximum atomic E-state index is 11.9. The molecule has 1 amide bonds. The second-order valence-corrected chi connectivity index (χ2v) is 4.75. The van der Waals surface area contributed by atoms with Crippen molar-refractivity contribution in [2.24, 2.45) is 0 Å². The molecule has 0 atom stereocenters. The second kappa shape index (κ2) is 5.89. The van der Waals surface area contributed by atoms with Gasteiger partial charge in [-0.25, -0.2) is 0 Å². The number of carbonyl (C=O) groups is 1. The largest absolute Gasteiger partial charge is 0.359 e. The molecule has 0 radical (unpaired) electrons. The van der Waals surface area contributed by atoms with E-state index in [0.29, 0.717) is 35.0 Å². The highest BCUT2D eigenvalue weighted by atomic mass is 35.5. The first-order valence-electron chi connectivity index (χ1n) is 6.04. The van der Waals surface area contributed by atoms with E-state index in [-0.39, 0.29) is 5.91 Å². The van der Waals surface area contributed by atoms with Crippen LogP contribution in [0.5, 0.6) is 0 Å². The normalized spacial score (nSPS) is 10.5. The maximum Gasteiger partial charge on any atom is 0.224 e. The summed E-state index contributed by atoms with van der Waals surface area (Å²) in [5.41, 5.74) is 2.31. The van der Waals surface area contributed by atoms with E-state index in [4.69, 9.17) is 16.1 Å². The first-order chi connectivity index (χ1) is 9.08. The predicted molar refractivity (Wildman–Crippen MR) is 74.4 cm³/mol. The highest BCUT2D eigenvalue weighted by Crippen LogP contribution is 2.20. The topological polar surface area (TPSA) is 55.1 Å². The number of benzene rings is 1. The van der Waals surface area contributed by atoms with Crippen LogP contribution in [0.3, 0.4) is 0 Å². The highest BCUT2D eigenvalue weighted by Gasteiger charge is 2.12. The third-order valence-electron chi connectivity index (χ3n) is 2.88. The lowest BCUT2D eigenvalue weighted by atomic mass is 10.1. The van der Waals surface area contributed by atoms with Crippen molar-refractivity contribution in [1.82, 2.24) is 5.16 Å². The summed E-state index contributed by atoms with van der Waals surface area (Å²) in [4.78, 5) is 11.9. The molecule has 19 heavy (non-hydrogen) atoms. The quantitative estimate of drug-likeness (QED) is 0.931. The number of halogens is 1. The van der Waals surface area contributed by atoms with E-state index in [1.165, 1.54) is 0 Å². The molecule has 100 valence electrons. The number of hydrogen-bond acceptors (Lipinski definition) is 3. The van der Waals surface area contributed by atoms with Gasteiger partial charge in [-0.3, -0.25) is 4.79 Å². The van der Waals surface area contributed by atoms with Crippen molar-refractivity contribution in [2.45, 2.75) is 26.7 Å². The monoisotopic (exact) mass is 278 g/mol. The molecule has 1 aromatic heterocycles. The summed E-state index contributed by atoms with van der Waals surface area (Å²) < 4.78 is 4.99. The van der Waals surface area contributed by atoms with E-state index in [9.17, 15) is 4.79 Å². The van der Waals surface area contributed by atoms with Gasteiger partial charge in [0.05, 0.1) is 0 Å². The molecule has 2 rings (SSSR count). The van der Waals surface area contributed by atoms with E-state index in [1.54, 1.807) is 13.8 Å². The van der Waals surface area contributed by atoms with Crippen molar-refractivity contribution in [3.8, 4) is 0 Å². The fraction of sp³-hybridized carbons (Fsp3) is 0.286. The number of nitrogens with one attached hydrogen (secondary N) is 1. The van der Waals surface area contributed by atoms with Crippen molar-refractivity contribution < 1.29 is 9.32 Å². The summed E-state index contributed by atoms with van der Waals surface area (Å²) in [5.74, 6) is 0.540. The van der Waals surface area contributed by atoms with Crippen LogP contribution >= 0.6 is 11.6 Å². The van der Waals surface area contributed by atoms with E-state index in [0.717, 1.165) is 5.56 Å². The van der Waals surface area contributed by atoms with Crippen LogP contribution in [0.2, 0.25) is 5.02 Å². The summed E-state index contributed by atoms with van der Waals surface area (Å²) in [6.07, 6.45) is 0.975. The predicted octanol–water partition coefficient (Wildman–Crippen LogP) is 3.52. The Morgan fingerprint density at radius 1 is 1.37 bits per heavy atom. The van der Waals surface area contributed by atoms with Gasteiger partial charge in [0.2, 0.25) is 5.91 Å². The molecule has 4 nitrogen and oxygen atoms in total. The first-order valence-corrected chi connectivity index (χ1v) is 6.42. The third kappa shape index (κ3) is 3.35. The molecule has 1 heterocycles. The average Bonchev–Trinajstić information content (AvgIpc) is 2.70. The van der Waals surface area contributed by atoms with Crippen LogP contribution in [0.1, 0.15) is 23.4 Å². The van der Waals surface area contributed by atoms with Crippen LogP contribution in [0.15, 0.2) is 28.8 Å². The zero-order valence-electron chi connectivity index (χ0n) is 10.9. The minimum atomic E-state index is -0.0747. The van der Waals surface area contributed by atoms with Crippen molar-refractivity contribution >= 4 is 23.2 Å². The van der Waals surface area contributed by atoms with Crippen LogP contribution in [-0.4, -0.2) is 11.1 Å². The summed E-state index contributed by atoms with van der Waals surface area (Å²) in [7, 11) is 0. The molecule has 1 N–H and O–H groups in total. The molecule has 0 aliphatic rings. The highest BCUT2D eigenvalue weighted by molar-refractivity contribution is 6.31. The summed E-state index contributed by atoms with van der Waals surface area (Å²) in [6.45, 7) is 3.56. The SMILES string of the molecule is Cc1noc(C)c1NC(=O)CCc1ccccc1Cl. The lowest BCUT2D eigenvalue weighted by Crippen LogP contribution is -2.13. The van der Waals surface area contributed by atoms with Crippen LogP contribution in [-0.2, 0) is 11.2 Å². The Hall–Kier alpha value is -1.81. The van der Waals surface area contributed by atoms with Crippen molar-refractivity contribution in [3.05, 3.63) is 46.3 Å². The molecule has 0 saturated carbocycles. The van der Waals surface area contributed by atoms with Gasteiger partial charge in [-0.1, -0.05) is 35.0 Å². The van der Waals surface area contributed by atoms with Gasteiger partial charge in [0.15, 0.2) is 5.76 Å². The smallest absolute Gasteiger partial charge is 0.224 e. The average molecular weight is 279 g/mol. The standard InChI is InChI=1S/C14H15ClN2O2/c1-9-14(10(2)19-17-9)16-13(18)8-7-11-5-3-4-6-12(11)15/h3-6H,7-8H2,1-2H3,(H,16,18). The molecule has 0 fully saturated rings. The third-order valence-corrected chi connectivity index (χ3v) is 3.25. The van der Waals surface area contributed by atoms with Gasteiger partial charge in [0.25, 0.3) is 0 Å². The van der Waals surface area contributed by atoms with Gasteiger partial charge in [0, 0.05) is 11.4 Å². The van der Waals surface area contributed by atoms with Crippen molar-refractivity contribution in [2.75, 3.05) is 5.32 Å². The van der Waals surface area contributed by atoms with Gasteiger partial charge in [-0.2, -0.15) is 0 Å². The first kappa shape index (κ1) is 13.6. The van der Waals surface area contributed by atoms with Crippen LogP contribution in [0, 0.1) is 13.8 Å². The number of aryl methyl sites for hydroxylation is 3. The molecule has 0 unspecified atom stereocenters. The molecule has 5 heteroatoms. The van der Waals surface area contributed by atoms with Gasteiger partial charge < -0.3 is 9.84 Å². The zero-order chi connectivity index (χ0) is 13.8. The van der Waals surface area contributed by atoms with Crippen LogP contribution in [0.4, 0.5) is 5.69 Å². The molecule has 2 aromatic rings. The Kier molecular flexibility index (Phi) is 4.22. The number of hydrogen-bond donors (Lipinski definition) is 1. The van der Waals surface area contributed by atoms with Crippen molar-refractivity contribution in [1.29, 1.82) is 0 Å². The summed E-state index contributed by atoms with van der Waals surface area (Å²) >= 11 is 6.04. The number of carbonyl (C=O) groups excluding carboxylic acids is 1. The minimum Gasteiger partial charge on any atom is -0.359 e. The lowest BCUT2D eigenvalue weighted by molar-refractivity contribution is -0.116. The molecule has 0 aliphatic carbocycles. The molecule has 0 spiro atoms. The van der Waals surface area contributed by atoms with E-state index < -0.39 is 0 Å². The second-order valence-electron chi connectivity index (χ2n) is 4.34. The minimum absolute atomic E-state index is 0.0747. The maximum absolute atomic E-state index is 11.9. The van der Waals surface area contributed by atoms with E-state index >= 15 is 0 Å². The van der Waals surface area contributed by atoms with Gasteiger partial charge in [0.1, 0.15) is 11.4 Å².